The Hall–Kier alpha value is -3.37. The number of rotatable bonds is 7. The number of hydrogen-bond acceptors (Lipinski definition) is 2. The van der Waals surface area contributed by atoms with Crippen molar-refractivity contribution in [3.05, 3.63) is 102 Å². The predicted molar refractivity (Wildman–Crippen MR) is 111 cm³/mol. The van der Waals surface area contributed by atoms with Crippen molar-refractivity contribution in [2.24, 2.45) is 0 Å². The summed E-state index contributed by atoms with van der Waals surface area (Å²) in [6, 6.07) is 28.8. The lowest BCUT2D eigenvalue weighted by Crippen LogP contribution is -2.80. The molecule has 4 nitrogen and oxygen atoms in total. The van der Waals surface area contributed by atoms with Crippen LogP contribution >= 0.6 is 0 Å². The second-order valence-electron chi connectivity index (χ2n) is 6.70. The Bertz CT molecular complexity index is 1030. The molecule has 0 aliphatic rings. The predicted octanol–water partition coefficient (Wildman–Crippen LogP) is 3.81. The molecule has 0 bridgehead atoms. The van der Waals surface area contributed by atoms with Gasteiger partial charge in [-0.25, -0.2) is 4.68 Å². The van der Waals surface area contributed by atoms with Gasteiger partial charge in [-0.1, -0.05) is 60.7 Å². The van der Waals surface area contributed by atoms with Crippen molar-refractivity contribution < 1.29 is 10.1 Å². The molecule has 0 spiro atoms. The van der Waals surface area contributed by atoms with Crippen molar-refractivity contribution >= 4 is 0 Å². The molecule has 140 valence electrons. The van der Waals surface area contributed by atoms with Crippen LogP contribution in [0.3, 0.4) is 0 Å². The summed E-state index contributed by atoms with van der Waals surface area (Å²) in [5.74, 6) is 0.839. The van der Waals surface area contributed by atoms with Gasteiger partial charge in [0.25, 0.3) is 0 Å². The molecule has 0 aliphatic carbocycles. The highest BCUT2D eigenvalue weighted by Crippen LogP contribution is 2.26. The molecule has 4 heteroatoms. The second-order valence-corrected chi connectivity index (χ2v) is 6.70. The molecule has 0 saturated heterocycles. The van der Waals surface area contributed by atoms with Crippen molar-refractivity contribution in [3.8, 4) is 22.7 Å². The lowest BCUT2D eigenvalue weighted by molar-refractivity contribution is -0.686. The first-order chi connectivity index (χ1) is 13.8. The standard InChI is InChI=1S/C24H23N3O/c1-28-23-14-8-11-20(15-23)24-21(17-25-16-19-9-4-2-5-10-19)18-27(26-24)22-12-6-3-7-13-22/h2-15,18,25H,16-17H2,1H3/p+1. The lowest BCUT2D eigenvalue weighted by atomic mass is 10.1. The van der Waals surface area contributed by atoms with Gasteiger partial charge in [-0.2, -0.15) is 5.10 Å². The van der Waals surface area contributed by atoms with E-state index in [0.717, 1.165) is 35.8 Å². The van der Waals surface area contributed by atoms with Gasteiger partial charge < -0.3 is 10.1 Å². The van der Waals surface area contributed by atoms with Gasteiger partial charge in [0, 0.05) is 17.3 Å². The normalized spacial score (nSPS) is 10.8. The molecule has 4 aromatic rings. The molecule has 4 rings (SSSR count). The Morgan fingerprint density at radius 3 is 2.36 bits per heavy atom. The Morgan fingerprint density at radius 2 is 1.61 bits per heavy atom. The van der Waals surface area contributed by atoms with Crippen LogP contribution < -0.4 is 10.1 Å². The minimum absolute atomic E-state index is 0.839. The van der Waals surface area contributed by atoms with Crippen LogP contribution in [0.4, 0.5) is 0 Å². The maximum Gasteiger partial charge on any atom is 0.119 e. The van der Waals surface area contributed by atoms with Crippen LogP contribution in [-0.4, -0.2) is 16.9 Å². The maximum atomic E-state index is 5.40. The summed E-state index contributed by atoms with van der Waals surface area (Å²) in [5.41, 5.74) is 5.64. The average molecular weight is 370 g/mol. The first-order valence-electron chi connectivity index (χ1n) is 9.47. The molecule has 3 aromatic carbocycles. The number of nitrogens with two attached hydrogens (primary N) is 1. The van der Waals surface area contributed by atoms with E-state index in [-0.39, 0.29) is 0 Å². The van der Waals surface area contributed by atoms with Crippen molar-refractivity contribution in [2.75, 3.05) is 7.11 Å². The largest absolute Gasteiger partial charge is 0.497 e. The Balaban J connectivity index is 1.63. The minimum Gasteiger partial charge on any atom is -0.497 e. The van der Waals surface area contributed by atoms with Crippen molar-refractivity contribution in [2.45, 2.75) is 13.1 Å². The molecule has 0 saturated carbocycles. The fraction of sp³-hybridized carbons (Fsp3) is 0.125. The van der Waals surface area contributed by atoms with Crippen LogP contribution in [0, 0.1) is 0 Å². The van der Waals surface area contributed by atoms with E-state index in [1.807, 2.05) is 47.1 Å². The molecular formula is C24H24N3O+. The molecule has 0 unspecified atom stereocenters. The summed E-state index contributed by atoms with van der Waals surface area (Å²) in [6.07, 6.45) is 2.13. The van der Waals surface area contributed by atoms with E-state index < -0.39 is 0 Å². The molecule has 0 radical (unpaired) electrons. The number of ether oxygens (including phenoxy) is 1. The summed E-state index contributed by atoms with van der Waals surface area (Å²) in [4.78, 5) is 0. The topological polar surface area (TPSA) is 43.7 Å². The number of nitrogens with zero attached hydrogens (tertiary/aromatic N) is 2. The van der Waals surface area contributed by atoms with Gasteiger partial charge in [0.1, 0.15) is 24.5 Å². The van der Waals surface area contributed by atoms with Crippen LogP contribution in [0.15, 0.2) is 91.1 Å². The number of hydrogen-bond donors (Lipinski definition) is 1. The van der Waals surface area contributed by atoms with Gasteiger partial charge in [-0.05, 0) is 24.3 Å². The van der Waals surface area contributed by atoms with Crippen LogP contribution in [0.1, 0.15) is 11.1 Å². The molecule has 0 fully saturated rings. The van der Waals surface area contributed by atoms with Gasteiger partial charge >= 0.3 is 0 Å². The van der Waals surface area contributed by atoms with E-state index in [2.05, 4.69) is 54.0 Å². The van der Waals surface area contributed by atoms with E-state index in [0.29, 0.717) is 0 Å². The lowest BCUT2D eigenvalue weighted by Gasteiger charge is -2.05. The van der Waals surface area contributed by atoms with E-state index in [1.165, 1.54) is 11.1 Å². The maximum absolute atomic E-state index is 5.40. The molecule has 1 heterocycles. The monoisotopic (exact) mass is 370 g/mol. The third-order valence-corrected chi connectivity index (χ3v) is 4.74. The van der Waals surface area contributed by atoms with Gasteiger partial charge in [0.15, 0.2) is 0 Å². The molecule has 0 amide bonds. The summed E-state index contributed by atoms with van der Waals surface area (Å²) in [7, 11) is 1.69. The third-order valence-electron chi connectivity index (χ3n) is 4.74. The molecule has 0 aliphatic heterocycles. The van der Waals surface area contributed by atoms with E-state index in [4.69, 9.17) is 9.84 Å². The number of methoxy groups -OCH3 is 1. The van der Waals surface area contributed by atoms with Gasteiger partial charge in [0.05, 0.1) is 18.4 Å². The molecule has 0 atom stereocenters. The zero-order valence-corrected chi connectivity index (χ0v) is 16.0. The molecular weight excluding hydrogens is 346 g/mol. The zero-order valence-electron chi connectivity index (χ0n) is 16.0. The third kappa shape index (κ3) is 4.13. The quantitative estimate of drug-likeness (QED) is 0.538. The minimum atomic E-state index is 0.839. The highest BCUT2D eigenvalue weighted by Gasteiger charge is 2.14. The Morgan fingerprint density at radius 1 is 0.857 bits per heavy atom. The Kier molecular flexibility index (Phi) is 5.50. The summed E-state index contributed by atoms with van der Waals surface area (Å²) in [5, 5.41) is 7.20. The number of quaternary nitrogens is 1. The van der Waals surface area contributed by atoms with E-state index in [9.17, 15) is 0 Å². The van der Waals surface area contributed by atoms with Crippen molar-refractivity contribution in [3.63, 3.8) is 0 Å². The second kappa shape index (κ2) is 8.55. The molecule has 1 aromatic heterocycles. The average Bonchev–Trinajstić information content (AvgIpc) is 3.19. The van der Waals surface area contributed by atoms with E-state index >= 15 is 0 Å². The molecule has 2 N–H and O–H groups in total. The number of para-hydroxylation sites is 1. The van der Waals surface area contributed by atoms with Crippen molar-refractivity contribution in [1.29, 1.82) is 0 Å². The van der Waals surface area contributed by atoms with Gasteiger partial charge in [-0.3, -0.25) is 0 Å². The molecule has 28 heavy (non-hydrogen) atoms. The highest BCUT2D eigenvalue weighted by molar-refractivity contribution is 5.64. The number of benzene rings is 3. The zero-order chi connectivity index (χ0) is 19.2. The smallest absolute Gasteiger partial charge is 0.119 e. The Labute approximate surface area is 165 Å². The summed E-state index contributed by atoms with van der Waals surface area (Å²) >= 11 is 0. The van der Waals surface area contributed by atoms with Crippen LogP contribution in [-0.2, 0) is 13.1 Å². The fourth-order valence-electron chi connectivity index (χ4n) is 3.29. The SMILES string of the molecule is COc1cccc(-c2nn(-c3ccccc3)cc2C[NH2+]Cc2ccccc2)c1. The highest BCUT2D eigenvalue weighted by atomic mass is 16.5. The fourth-order valence-corrected chi connectivity index (χ4v) is 3.29. The van der Waals surface area contributed by atoms with Crippen LogP contribution in [0.2, 0.25) is 0 Å². The van der Waals surface area contributed by atoms with Crippen molar-refractivity contribution in [1.82, 2.24) is 9.78 Å². The van der Waals surface area contributed by atoms with Gasteiger partial charge in [-0.15, -0.1) is 0 Å². The van der Waals surface area contributed by atoms with Gasteiger partial charge in [0.2, 0.25) is 0 Å². The number of aromatic nitrogens is 2. The van der Waals surface area contributed by atoms with E-state index in [1.54, 1.807) is 7.11 Å². The summed E-state index contributed by atoms with van der Waals surface area (Å²) < 4.78 is 7.36. The van der Waals surface area contributed by atoms with Crippen LogP contribution in [0.25, 0.3) is 16.9 Å². The summed E-state index contributed by atoms with van der Waals surface area (Å²) in [6.45, 7) is 1.79. The first-order valence-corrected chi connectivity index (χ1v) is 9.47. The first kappa shape index (κ1) is 18.0. The van der Waals surface area contributed by atoms with Crippen LogP contribution in [0.5, 0.6) is 5.75 Å².